The molecule has 1 aromatic heterocycles. The Kier molecular flexibility index (Phi) is 9.21. The average Bonchev–Trinajstić information content (AvgIpc) is 3.57. The minimum absolute atomic E-state index is 0. The van der Waals surface area contributed by atoms with Crippen molar-refractivity contribution in [3.8, 4) is 0 Å². The Bertz CT molecular complexity index is 1120. The zero-order valence-electron chi connectivity index (χ0n) is 19.6. The van der Waals surface area contributed by atoms with Gasteiger partial charge in [0.2, 0.25) is 0 Å². The molecule has 0 spiro atoms. The highest BCUT2D eigenvalue weighted by Crippen LogP contribution is 2.40. The quantitative estimate of drug-likeness (QED) is 0.486. The first kappa shape index (κ1) is 27.0. The number of hydrogen-bond acceptors (Lipinski definition) is 8. The van der Waals surface area contributed by atoms with Gasteiger partial charge in [-0.25, -0.2) is 14.1 Å². The maximum absolute atomic E-state index is 14.8. The van der Waals surface area contributed by atoms with Crippen molar-refractivity contribution in [1.29, 1.82) is 0 Å². The smallest absolute Gasteiger partial charge is 0.327 e. The number of ether oxygens (including phenoxy) is 1. The summed E-state index contributed by atoms with van der Waals surface area (Å²) in [4.78, 5) is 42.9. The molecule has 2 heterocycles. The van der Waals surface area contributed by atoms with Gasteiger partial charge in [0.25, 0.3) is 0 Å². The number of esters is 1. The number of thioether (sulfide) groups is 1. The van der Waals surface area contributed by atoms with E-state index >= 15 is 0 Å². The average molecular weight is 523 g/mol. The highest BCUT2D eigenvalue weighted by molar-refractivity contribution is 8.14. The molecule has 1 saturated heterocycles. The van der Waals surface area contributed by atoms with Gasteiger partial charge in [-0.05, 0) is 37.0 Å². The van der Waals surface area contributed by atoms with E-state index in [4.69, 9.17) is 0 Å². The van der Waals surface area contributed by atoms with Crippen molar-refractivity contribution in [1.82, 2.24) is 19.7 Å². The monoisotopic (exact) mass is 522 g/mol. The van der Waals surface area contributed by atoms with Crippen LogP contribution in [0.5, 0.6) is 0 Å². The molecule has 0 N–H and O–H groups in total. The minimum atomic E-state index is -0.676. The summed E-state index contributed by atoms with van der Waals surface area (Å²) in [5, 5.41) is 4.21. The molecule has 1 aliphatic heterocycles. The van der Waals surface area contributed by atoms with Crippen LogP contribution in [0.15, 0.2) is 36.2 Å². The summed E-state index contributed by atoms with van der Waals surface area (Å²) in [7, 11) is 1.30. The van der Waals surface area contributed by atoms with Crippen molar-refractivity contribution in [3.63, 3.8) is 0 Å². The number of carbonyl (C=O) groups is 3. The van der Waals surface area contributed by atoms with Crippen molar-refractivity contribution in [2.75, 3.05) is 20.2 Å². The fourth-order valence-corrected chi connectivity index (χ4v) is 5.13. The van der Waals surface area contributed by atoms with Gasteiger partial charge in [-0.15, -0.1) is 12.4 Å². The number of nitrogens with zero attached hydrogens (tertiary/aromatic N) is 4. The minimum Gasteiger partial charge on any atom is -0.468 e. The van der Waals surface area contributed by atoms with Gasteiger partial charge in [-0.1, -0.05) is 30.0 Å². The molecule has 2 aliphatic rings. The van der Waals surface area contributed by atoms with E-state index in [-0.39, 0.29) is 41.0 Å². The van der Waals surface area contributed by atoms with Crippen LogP contribution in [0.1, 0.15) is 43.6 Å². The number of Topliss-reactive ketones (excluding diaryl/α,β-unsaturated/α-hetero) is 1. The normalized spacial score (nSPS) is 20.2. The van der Waals surface area contributed by atoms with Crippen LogP contribution in [0.2, 0.25) is 0 Å². The first-order chi connectivity index (χ1) is 16.4. The largest absolute Gasteiger partial charge is 0.468 e. The second-order valence-corrected chi connectivity index (χ2v) is 9.93. The van der Waals surface area contributed by atoms with Gasteiger partial charge in [0, 0.05) is 36.7 Å². The number of ketones is 1. The topological polar surface area (TPSA) is 94.4 Å². The third-order valence-corrected chi connectivity index (χ3v) is 7.14. The fourth-order valence-electron chi connectivity index (χ4n) is 4.21. The van der Waals surface area contributed by atoms with Crippen molar-refractivity contribution in [2.24, 2.45) is 5.92 Å². The number of methoxy groups -OCH3 is 1. The highest BCUT2D eigenvalue weighted by atomic mass is 35.5. The van der Waals surface area contributed by atoms with Crippen LogP contribution in [0.3, 0.4) is 0 Å². The van der Waals surface area contributed by atoms with Gasteiger partial charge in [-0.2, -0.15) is 5.10 Å². The maximum Gasteiger partial charge on any atom is 0.327 e. The molecule has 1 aliphatic carbocycles. The Morgan fingerprint density at radius 2 is 2.00 bits per heavy atom. The SMILES string of the molecule is COC(=O)Cn1cnc(/C=C2/CN(C(C(=O)C3CC3)c3ccccc3F)CCC2SC(C)=O)n1.Cl. The predicted molar refractivity (Wildman–Crippen MR) is 132 cm³/mol. The number of hydrogen-bond donors (Lipinski definition) is 0. The zero-order chi connectivity index (χ0) is 24.2. The van der Waals surface area contributed by atoms with Crippen LogP contribution < -0.4 is 0 Å². The standard InChI is InChI=1S/C24H27FN4O4S.ClH/c1-15(30)34-20-9-10-28(12-17(20)11-21-26-14-29(27-21)13-22(31)33-2)23(24(32)16-7-8-16)18-5-3-4-6-19(18)25;/h3-6,11,14,16,20,23H,7-10,12-13H2,1-2H3;1H/b17-11-;. The summed E-state index contributed by atoms with van der Waals surface area (Å²) in [6.45, 7) is 2.41. The fraction of sp³-hybridized carbons (Fsp3) is 0.458. The van der Waals surface area contributed by atoms with Gasteiger partial charge in [0.15, 0.2) is 16.7 Å². The van der Waals surface area contributed by atoms with Crippen molar-refractivity contribution < 1.29 is 23.5 Å². The van der Waals surface area contributed by atoms with E-state index in [9.17, 15) is 18.8 Å². The molecular formula is C24H28ClFN4O4S. The lowest BCUT2D eigenvalue weighted by Crippen LogP contribution is -2.43. The molecule has 1 aromatic carbocycles. The number of benzene rings is 1. The molecule has 2 fully saturated rings. The van der Waals surface area contributed by atoms with Crippen LogP contribution in [-0.4, -0.2) is 62.0 Å². The molecule has 35 heavy (non-hydrogen) atoms. The van der Waals surface area contributed by atoms with Gasteiger partial charge >= 0.3 is 5.97 Å². The lowest BCUT2D eigenvalue weighted by molar-refractivity contribution is -0.141. The van der Waals surface area contributed by atoms with E-state index < -0.39 is 17.8 Å². The molecule has 2 atom stereocenters. The van der Waals surface area contributed by atoms with Crippen LogP contribution in [0.25, 0.3) is 6.08 Å². The lowest BCUT2D eigenvalue weighted by Gasteiger charge is -2.38. The van der Waals surface area contributed by atoms with Crippen LogP contribution >= 0.6 is 24.2 Å². The summed E-state index contributed by atoms with van der Waals surface area (Å²) >= 11 is 1.23. The van der Waals surface area contributed by atoms with Gasteiger partial charge in [0.05, 0.1) is 13.2 Å². The number of rotatable bonds is 8. The Hall–Kier alpha value is -2.56. The molecule has 0 amide bonds. The Morgan fingerprint density at radius 3 is 2.66 bits per heavy atom. The Balaban J connectivity index is 0.00000342. The van der Waals surface area contributed by atoms with E-state index in [0.717, 1.165) is 18.4 Å². The number of likely N-dealkylation sites (tertiary alicyclic amines) is 1. The number of carbonyl (C=O) groups excluding carboxylic acids is 3. The molecule has 1 saturated carbocycles. The summed E-state index contributed by atoms with van der Waals surface area (Å²) in [5.74, 6) is -0.426. The third-order valence-electron chi connectivity index (χ3n) is 5.99. The molecule has 188 valence electrons. The summed E-state index contributed by atoms with van der Waals surface area (Å²) in [6, 6.07) is 5.75. The van der Waals surface area contributed by atoms with E-state index in [1.54, 1.807) is 24.3 Å². The summed E-state index contributed by atoms with van der Waals surface area (Å²) < 4.78 is 20.8. The van der Waals surface area contributed by atoms with Gasteiger partial charge < -0.3 is 4.74 Å². The van der Waals surface area contributed by atoms with Crippen molar-refractivity contribution >= 4 is 47.1 Å². The van der Waals surface area contributed by atoms with Crippen molar-refractivity contribution in [3.05, 3.63) is 53.4 Å². The molecule has 4 rings (SSSR count). The number of piperidine rings is 1. The van der Waals surface area contributed by atoms with Gasteiger partial charge in [-0.3, -0.25) is 19.3 Å². The first-order valence-corrected chi connectivity index (χ1v) is 12.1. The van der Waals surface area contributed by atoms with E-state index in [0.29, 0.717) is 30.9 Å². The molecule has 11 heteroatoms. The molecule has 0 radical (unpaired) electrons. The molecule has 2 unspecified atom stereocenters. The molecular weight excluding hydrogens is 495 g/mol. The lowest BCUT2D eigenvalue weighted by atomic mass is 9.93. The van der Waals surface area contributed by atoms with E-state index in [2.05, 4.69) is 14.8 Å². The third kappa shape index (κ3) is 6.77. The summed E-state index contributed by atoms with van der Waals surface area (Å²) in [6.07, 6.45) is 5.54. The molecule has 2 aromatic rings. The van der Waals surface area contributed by atoms with Crippen molar-refractivity contribution in [2.45, 2.75) is 44.0 Å². The van der Waals surface area contributed by atoms with E-state index in [1.165, 1.54) is 42.9 Å². The first-order valence-electron chi connectivity index (χ1n) is 11.2. The van der Waals surface area contributed by atoms with Gasteiger partial charge in [0.1, 0.15) is 18.7 Å². The zero-order valence-corrected chi connectivity index (χ0v) is 21.2. The maximum atomic E-state index is 14.8. The molecule has 0 bridgehead atoms. The van der Waals surface area contributed by atoms with Crippen LogP contribution in [0, 0.1) is 11.7 Å². The highest BCUT2D eigenvalue weighted by Gasteiger charge is 2.41. The Labute approximate surface area is 213 Å². The van der Waals surface area contributed by atoms with E-state index in [1.807, 2.05) is 4.90 Å². The van der Waals surface area contributed by atoms with Crippen LogP contribution in [-0.2, 0) is 25.7 Å². The summed E-state index contributed by atoms with van der Waals surface area (Å²) in [5.41, 5.74) is 1.27. The second-order valence-electron chi connectivity index (χ2n) is 8.55. The van der Waals surface area contributed by atoms with Crippen LogP contribution in [0.4, 0.5) is 4.39 Å². The Morgan fingerprint density at radius 1 is 1.26 bits per heavy atom. The molecule has 8 nitrogen and oxygen atoms in total. The number of halogens is 2. The predicted octanol–water partition coefficient (Wildman–Crippen LogP) is 3.47. The number of aromatic nitrogens is 3. The second kappa shape index (κ2) is 11.9.